The fraction of sp³-hybridized carbons (Fsp3) is 0.235. The Morgan fingerprint density at radius 1 is 1.52 bits per heavy atom. The van der Waals surface area contributed by atoms with E-state index in [0.717, 1.165) is 16.5 Å². The number of ether oxygens (including phenoxy) is 1. The number of aliphatic hydroxyl groups excluding tert-OH is 1. The van der Waals surface area contributed by atoms with Crippen LogP contribution in [0.2, 0.25) is 0 Å². The molecule has 1 atom stereocenters. The first-order valence-electron chi connectivity index (χ1n) is 6.76. The first-order chi connectivity index (χ1) is 10.1. The minimum Gasteiger partial charge on any atom is -0.489 e. The van der Waals surface area contributed by atoms with Gasteiger partial charge in [-0.1, -0.05) is 6.58 Å². The highest BCUT2D eigenvalue weighted by molar-refractivity contribution is 6.02. The first kappa shape index (κ1) is 13.6. The number of fused-ring (bicyclic) bond motifs is 2. The van der Waals surface area contributed by atoms with Gasteiger partial charge in [-0.15, -0.1) is 0 Å². The van der Waals surface area contributed by atoms with Gasteiger partial charge in [-0.3, -0.25) is 4.79 Å². The second-order valence-electron chi connectivity index (χ2n) is 5.26. The molecule has 1 aromatic carbocycles. The lowest BCUT2D eigenvalue weighted by Gasteiger charge is -2.18. The highest BCUT2D eigenvalue weighted by atomic mass is 16.5. The second-order valence-corrected chi connectivity index (χ2v) is 5.26. The highest BCUT2D eigenvalue weighted by Gasteiger charge is 2.20. The van der Waals surface area contributed by atoms with Gasteiger partial charge in [0, 0.05) is 12.0 Å². The van der Waals surface area contributed by atoms with Gasteiger partial charge in [-0.05, 0) is 42.3 Å². The van der Waals surface area contributed by atoms with Crippen molar-refractivity contribution in [1.29, 1.82) is 0 Å². The Bertz CT molecular complexity index is 751. The molecule has 0 amide bonds. The first-order valence-corrected chi connectivity index (χ1v) is 6.76. The van der Waals surface area contributed by atoms with Crippen LogP contribution in [0.4, 0.5) is 0 Å². The molecule has 0 radical (unpaired) electrons. The number of benzene rings is 1. The standard InChI is InChI=1S/C17H16O4/c1-10(2)15(19)9-21-17-13-4-3-12(18)7-11(13)8-16-14(17)5-6-20-16/h3-6,8,15,19H,1,7,9H2,2H3. The van der Waals surface area contributed by atoms with Gasteiger partial charge in [0.2, 0.25) is 0 Å². The number of ketones is 1. The smallest absolute Gasteiger partial charge is 0.160 e. The third-order valence-electron chi connectivity index (χ3n) is 3.59. The number of carbonyl (C=O) groups excluding carboxylic acids is 1. The topological polar surface area (TPSA) is 59.7 Å². The maximum Gasteiger partial charge on any atom is 0.160 e. The number of carbonyl (C=O) groups is 1. The van der Waals surface area contributed by atoms with Crippen molar-refractivity contribution in [2.75, 3.05) is 6.61 Å². The van der Waals surface area contributed by atoms with E-state index < -0.39 is 6.10 Å². The summed E-state index contributed by atoms with van der Waals surface area (Å²) in [5.74, 6) is 0.696. The van der Waals surface area contributed by atoms with Crippen LogP contribution >= 0.6 is 0 Å². The van der Waals surface area contributed by atoms with E-state index in [0.29, 0.717) is 23.3 Å². The number of allylic oxidation sites excluding steroid dienone is 1. The Kier molecular flexibility index (Phi) is 3.39. The highest BCUT2D eigenvalue weighted by Crippen LogP contribution is 2.36. The van der Waals surface area contributed by atoms with E-state index in [4.69, 9.17) is 9.15 Å². The van der Waals surface area contributed by atoms with Crippen molar-refractivity contribution in [3.8, 4) is 5.75 Å². The molecule has 4 nitrogen and oxygen atoms in total. The minimum absolute atomic E-state index is 0.0568. The average molecular weight is 284 g/mol. The van der Waals surface area contributed by atoms with E-state index >= 15 is 0 Å². The Morgan fingerprint density at radius 2 is 2.33 bits per heavy atom. The van der Waals surface area contributed by atoms with Gasteiger partial charge >= 0.3 is 0 Å². The SMILES string of the molecule is C=C(C)C(O)COc1c2c(cc3occc13)CC(=O)C=C2. The van der Waals surface area contributed by atoms with Crippen molar-refractivity contribution in [1.82, 2.24) is 0 Å². The Labute approximate surface area is 122 Å². The molecule has 1 unspecified atom stereocenters. The average Bonchev–Trinajstić information content (AvgIpc) is 2.90. The van der Waals surface area contributed by atoms with Crippen LogP contribution in [0.3, 0.4) is 0 Å². The maximum absolute atomic E-state index is 11.6. The molecule has 0 saturated heterocycles. The van der Waals surface area contributed by atoms with Crippen LogP contribution in [-0.2, 0) is 11.2 Å². The summed E-state index contributed by atoms with van der Waals surface area (Å²) < 4.78 is 11.2. The zero-order valence-corrected chi connectivity index (χ0v) is 11.8. The van der Waals surface area contributed by atoms with Crippen LogP contribution < -0.4 is 4.74 Å². The van der Waals surface area contributed by atoms with E-state index in [1.165, 1.54) is 0 Å². The lowest BCUT2D eigenvalue weighted by Crippen LogP contribution is -2.19. The summed E-state index contributed by atoms with van der Waals surface area (Å²) in [4.78, 5) is 11.6. The van der Waals surface area contributed by atoms with Crippen LogP contribution in [0.25, 0.3) is 17.0 Å². The number of hydrogen-bond donors (Lipinski definition) is 1. The van der Waals surface area contributed by atoms with Crippen LogP contribution in [0.1, 0.15) is 18.1 Å². The molecule has 0 saturated carbocycles. The van der Waals surface area contributed by atoms with Crippen LogP contribution in [0.15, 0.2) is 41.0 Å². The van der Waals surface area contributed by atoms with Gasteiger partial charge in [0.25, 0.3) is 0 Å². The Hall–Kier alpha value is -2.33. The molecule has 1 N–H and O–H groups in total. The van der Waals surface area contributed by atoms with Crippen molar-refractivity contribution >= 4 is 22.8 Å². The van der Waals surface area contributed by atoms with E-state index in [2.05, 4.69) is 6.58 Å². The van der Waals surface area contributed by atoms with E-state index in [-0.39, 0.29) is 12.4 Å². The van der Waals surface area contributed by atoms with Crippen molar-refractivity contribution in [2.24, 2.45) is 0 Å². The largest absolute Gasteiger partial charge is 0.489 e. The lowest BCUT2D eigenvalue weighted by molar-refractivity contribution is -0.114. The molecule has 1 aliphatic carbocycles. The molecule has 3 rings (SSSR count). The molecule has 108 valence electrons. The zero-order valence-electron chi connectivity index (χ0n) is 11.8. The molecular weight excluding hydrogens is 268 g/mol. The molecule has 1 aliphatic rings. The van der Waals surface area contributed by atoms with Gasteiger partial charge in [0.05, 0.1) is 11.6 Å². The second kappa shape index (κ2) is 5.22. The minimum atomic E-state index is -0.725. The number of furan rings is 1. The fourth-order valence-corrected chi connectivity index (χ4v) is 2.36. The molecule has 1 aromatic heterocycles. The van der Waals surface area contributed by atoms with Gasteiger partial charge in [-0.2, -0.15) is 0 Å². The third kappa shape index (κ3) is 2.50. The Balaban J connectivity index is 2.04. The third-order valence-corrected chi connectivity index (χ3v) is 3.59. The predicted octanol–water partition coefficient (Wildman–Crippen LogP) is 2.89. The Morgan fingerprint density at radius 3 is 3.10 bits per heavy atom. The van der Waals surface area contributed by atoms with Crippen molar-refractivity contribution in [2.45, 2.75) is 19.4 Å². The van der Waals surface area contributed by atoms with Crippen molar-refractivity contribution < 1.29 is 19.1 Å². The number of hydrogen-bond acceptors (Lipinski definition) is 4. The molecule has 21 heavy (non-hydrogen) atoms. The van der Waals surface area contributed by atoms with Crippen LogP contribution in [0, 0.1) is 0 Å². The van der Waals surface area contributed by atoms with Gasteiger partial charge in [-0.25, -0.2) is 0 Å². The van der Waals surface area contributed by atoms with Crippen molar-refractivity contribution in [3.63, 3.8) is 0 Å². The summed E-state index contributed by atoms with van der Waals surface area (Å²) in [5, 5.41) is 10.7. The summed E-state index contributed by atoms with van der Waals surface area (Å²) in [6.45, 7) is 5.58. The fourth-order valence-electron chi connectivity index (χ4n) is 2.36. The molecule has 2 aromatic rings. The summed E-state index contributed by atoms with van der Waals surface area (Å²) in [6.07, 6.45) is 4.51. The predicted molar refractivity (Wildman–Crippen MR) is 80.3 cm³/mol. The van der Waals surface area contributed by atoms with Crippen LogP contribution in [0.5, 0.6) is 5.75 Å². The maximum atomic E-state index is 11.6. The summed E-state index contributed by atoms with van der Waals surface area (Å²) in [5.41, 5.74) is 3.08. The quantitative estimate of drug-likeness (QED) is 0.877. The van der Waals surface area contributed by atoms with Gasteiger partial charge < -0.3 is 14.3 Å². The normalized spacial score (nSPS) is 15.0. The number of rotatable bonds is 4. The van der Waals surface area contributed by atoms with E-state index in [1.54, 1.807) is 25.3 Å². The monoisotopic (exact) mass is 284 g/mol. The molecule has 1 heterocycles. The van der Waals surface area contributed by atoms with Crippen LogP contribution in [-0.4, -0.2) is 23.6 Å². The van der Waals surface area contributed by atoms with E-state index in [1.807, 2.05) is 12.1 Å². The molecule has 0 aliphatic heterocycles. The molecule has 4 heteroatoms. The number of aliphatic hydroxyl groups is 1. The molecule has 0 spiro atoms. The molecular formula is C17H16O4. The summed E-state index contributed by atoms with van der Waals surface area (Å²) in [7, 11) is 0. The molecule has 0 bridgehead atoms. The van der Waals surface area contributed by atoms with Gasteiger partial charge in [0.1, 0.15) is 24.0 Å². The summed E-state index contributed by atoms with van der Waals surface area (Å²) >= 11 is 0. The van der Waals surface area contributed by atoms with Crippen molar-refractivity contribution in [3.05, 3.63) is 47.8 Å². The van der Waals surface area contributed by atoms with E-state index in [9.17, 15) is 9.90 Å². The lowest BCUT2D eigenvalue weighted by atomic mass is 9.94. The summed E-state index contributed by atoms with van der Waals surface area (Å²) in [6, 6.07) is 3.69. The zero-order chi connectivity index (χ0) is 15.0. The molecule has 0 fully saturated rings. The van der Waals surface area contributed by atoms with Gasteiger partial charge in [0.15, 0.2) is 5.78 Å².